The molecule has 125 heavy (non-hydrogen) atoms. The topological polar surface area (TPSA) is 518 Å². The van der Waals surface area contributed by atoms with Crippen molar-refractivity contribution in [3.63, 3.8) is 0 Å². The van der Waals surface area contributed by atoms with Gasteiger partial charge < -0.3 is 110 Å². The van der Waals surface area contributed by atoms with Crippen LogP contribution < -0.4 is 47.0 Å². The number of thioether (sulfide) groups is 1. The van der Waals surface area contributed by atoms with Gasteiger partial charge in [-0.1, -0.05) is 6.07 Å². The molecule has 1 fully saturated rings. The number of nitrogens with zero attached hydrogens (tertiary/aromatic N) is 18. The lowest BCUT2D eigenvalue weighted by atomic mass is 9.94. The first-order valence-corrected chi connectivity index (χ1v) is 40.7. The van der Waals surface area contributed by atoms with Crippen molar-refractivity contribution in [2.75, 3.05) is 119 Å². The first-order chi connectivity index (χ1) is 59.6. The van der Waals surface area contributed by atoms with Crippen LogP contribution in [0.5, 0.6) is 0 Å². The molecule has 1 aliphatic heterocycles. The van der Waals surface area contributed by atoms with Crippen molar-refractivity contribution < 1.29 is 78.5 Å². The summed E-state index contributed by atoms with van der Waals surface area (Å²) >= 11 is 1.01. The Morgan fingerprint density at radius 3 is 1.74 bits per heavy atom. The van der Waals surface area contributed by atoms with Crippen LogP contribution in [0.2, 0.25) is 0 Å². The average Bonchev–Trinajstić information content (AvgIpc) is 1.22. The molecule has 41 heteroatoms. The van der Waals surface area contributed by atoms with Crippen molar-refractivity contribution in [1.29, 1.82) is 0 Å². The largest absolute Gasteiger partial charge is 0.497 e. The Bertz CT molecular complexity index is 5870. The fourth-order valence-corrected chi connectivity index (χ4v) is 14.6. The summed E-state index contributed by atoms with van der Waals surface area (Å²) in [5, 5.41) is 89.8. The Balaban J connectivity index is 0.694. The number of imide groups is 1. The minimum Gasteiger partial charge on any atom is -0.497 e. The van der Waals surface area contributed by atoms with Crippen molar-refractivity contribution in [2.45, 2.75) is 62.8 Å². The zero-order valence-electron chi connectivity index (χ0n) is 70.9. The second-order valence-corrected chi connectivity index (χ2v) is 31.4. The van der Waals surface area contributed by atoms with Crippen LogP contribution in [0, 0.1) is 0 Å². The maximum absolute atomic E-state index is 14.3. The number of aromatic carboxylic acids is 1. The monoisotopic (exact) mass is 1730 g/mol. The number of nitrogens with two attached hydrogens (primary N) is 1. The summed E-state index contributed by atoms with van der Waals surface area (Å²) in [7, 11) is 19.6. The number of carbonyl (C=O) groups is 8. The number of carboxylic acid groups (broad SMARTS) is 1. The van der Waals surface area contributed by atoms with E-state index in [1.165, 1.54) is 91.8 Å². The number of imidazole rings is 2. The van der Waals surface area contributed by atoms with Crippen LogP contribution in [-0.4, -0.2) is 266 Å². The molecule has 8 heterocycles. The van der Waals surface area contributed by atoms with E-state index >= 15 is 0 Å². The van der Waals surface area contributed by atoms with E-state index < -0.39 is 76.3 Å². The molecule has 3 aromatic carbocycles. The van der Waals surface area contributed by atoms with Crippen molar-refractivity contribution in [3.05, 3.63) is 162 Å². The third-order valence-corrected chi connectivity index (χ3v) is 21.3. The molecule has 1 aliphatic rings. The first kappa shape index (κ1) is 91.3. The van der Waals surface area contributed by atoms with Crippen molar-refractivity contribution >= 4 is 162 Å². The van der Waals surface area contributed by atoms with E-state index in [4.69, 9.17) is 10.2 Å². The number of hydrogen-bond acceptors (Lipinski definition) is 21. The predicted octanol–water partition coefficient (Wildman–Crippen LogP) is 8.72. The van der Waals surface area contributed by atoms with Gasteiger partial charge in [0.05, 0.1) is 80.9 Å². The lowest BCUT2D eigenvalue weighted by Gasteiger charge is -2.19. The standard InChI is InChI=1S/C84H100N24O16S/c1-99(2)31-12-24-86-68(109)20-26-89-78(116)61-36-50(43-104(61)9)95-80(118)63-38-52(45-107(63)32-13-25-88-76(114)58(85)47-125-66-41-72(113)108(83(66)121)59-19-14-48(34-57(59)84(122)123)73-55-17-15-53(100(3)4)39-64(55)124-65-40-54(101(5)6)16-18-56(65)73)94-70(111)22-28-90-77(115)60-35-49(42-103(60)8)93-69(110)21-27-91-79(117)62-37-51(44-105(62)10)96-82(120)75-98-67(46-106(75)11)97-71(112)23-29-92-81(119)74-87-30-33-102(74)7/h14-19,30,33-40,42-46,58,66H,12-13,20-29,31-32,41,47,85H2,1-11H3,(H11-,86,88,89,90,91,92,93,94,95,96,97,109,110,111,112,114,115,116,117,118,119,120,122,123)/p+1/t58-,66?/m0/s1. The van der Waals surface area contributed by atoms with Crippen LogP contribution >= 0.6 is 11.8 Å². The number of aliphatic hydroxyl groups is 6. The Kier molecular flexibility index (Phi) is 29.9. The number of aliphatic imine (C=N–C) groups is 6. The molecule has 0 spiro atoms. The molecule has 0 radical (unpaired) electrons. The van der Waals surface area contributed by atoms with E-state index in [1.54, 1.807) is 56.6 Å². The molecular weight excluding hydrogens is 1630 g/mol. The summed E-state index contributed by atoms with van der Waals surface area (Å²) in [6.07, 6.45) is 11.0. The second kappa shape index (κ2) is 40.9. The minimum absolute atomic E-state index is 0.0225. The number of rotatable bonds is 40. The molecule has 40 nitrogen and oxygen atoms in total. The van der Waals surface area contributed by atoms with Crippen LogP contribution in [-0.2, 0) is 51.4 Å². The molecule has 2 atom stereocenters. The highest BCUT2D eigenvalue weighted by molar-refractivity contribution is 8.00. The normalized spacial score (nSPS) is 14.0. The molecule has 0 saturated carbocycles. The SMILES string of the molecule is CN(C)CCCN=C(O)CCNC(=O)c1cc(NC(=O)c2cc(N=C(O)CCN=C(O)c3cc(N=C(O)CCNC(=O)c4cc(NC(=O)c5nc(N=C(O)CCNC(=O)c6nccn6C)cn5C)cn4C)cn3C)cn2CCCN=C(O)[C@@H](N)CSC2CC(=O)N(c3ccc(-c4c5ccc(N(C)C)cc5[o+]c5cc(N(C)C)ccc45)cc3C(=O)O)C2=O)cn1C. The summed E-state index contributed by atoms with van der Waals surface area (Å²) in [6, 6.07) is 20.7. The highest BCUT2D eigenvalue weighted by Gasteiger charge is 2.42. The predicted molar refractivity (Wildman–Crippen MR) is 480 cm³/mol. The number of amides is 7. The van der Waals surface area contributed by atoms with Gasteiger partial charge in [0, 0.05) is 195 Å². The summed E-state index contributed by atoms with van der Waals surface area (Å²) in [6.45, 7) is 1.18. The molecular formula is C84H101N24O16S+. The van der Waals surface area contributed by atoms with Crippen LogP contribution in [0.4, 0.5) is 45.6 Å². The maximum Gasteiger partial charge on any atom is 0.363 e. The average molecular weight is 1730 g/mol. The van der Waals surface area contributed by atoms with Gasteiger partial charge in [-0.2, -0.15) is 4.99 Å². The van der Waals surface area contributed by atoms with Crippen molar-refractivity contribution in [3.8, 4) is 11.1 Å². The van der Waals surface area contributed by atoms with Crippen LogP contribution in [0.15, 0.2) is 157 Å². The lowest BCUT2D eigenvalue weighted by molar-refractivity contribution is -0.121. The molecule has 0 aliphatic carbocycles. The van der Waals surface area contributed by atoms with E-state index in [0.29, 0.717) is 39.6 Å². The van der Waals surface area contributed by atoms with Crippen molar-refractivity contribution in [1.82, 2.24) is 58.2 Å². The number of aromatic nitrogens is 8. The minimum atomic E-state index is -1.37. The maximum atomic E-state index is 14.3. The quantitative estimate of drug-likeness (QED) is 0.00426. The fourth-order valence-electron chi connectivity index (χ4n) is 13.5. The van der Waals surface area contributed by atoms with Gasteiger partial charge in [0.1, 0.15) is 22.8 Å². The highest BCUT2D eigenvalue weighted by atomic mass is 32.2. The Morgan fingerprint density at radius 1 is 0.568 bits per heavy atom. The molecule has 1 saturated heterocycles. The van der Waals surface area contributed by atoms with Gasteiger partial charge >= 0.3 is 17.1 Å². The number of anilines is 5. The molecule has 0 bridgehead atoms. The molecule has 7 amide bonds. The number of benzene rings is 3. The van der Waals surface area contributed by atoms with Gasteiger partial charge in [-0.15, -0.1) is 11.8 Å². The summed E-state index contributed by atoms with van der Waals surface area (Å²) in [4.78, 5) is 148. The number of carboxylic acids is 1. The smallest absolute Gasteiger partial charge is 0.363 e. The molecule has 10 aromatic rings. The summed E-state index contributed by atoms with van der Waals surface area (Å²) in [5.74, 6) is -7.40. The Morgan fingerprint density at radius 2 is 1.14 bits per heavy atom. The van der Waals surface area contributed by atoms with Crippen LogP contribution in [0.1, 0.15) is 114 Å². The Hall–Kier alpha value is -14.5. The van der Waals surface area contributed by atoms with E-state index in [1.807, 2.05) is 93.4 Å². The lowest BCUT2D eigenvalue weighted by Crippen LogP contribution is -2.35. The van der Waals surface area contributed by atoms with Gasteiger partial charge in [-0.3, -0.25) is 43.5 Å². The zero-order valence-corrected chi connectivity index (χ0v) is 71.7. The van der Waals surface area contributed by atoms with Crippen molar-refractivity contribution in [2.24, 2.45) is 70.9 Å². The summed E-state index contributed by atoms with van der Waals surface area (Å²) in [5.41, 5.74) is 11.6. The van der Waals surface area contributed by atoms with E-state index in [9.17, 15) is 74.1 Å². The zero-order chi connectivity index (χ0) is 90.2. The van der Waals surface area contributed by atoms with Crippen LogP contribution in [0.3, 0.4) is 0 Å². The van der Waals surface area contributed by atoms with E-state index in [-0.39, 0.29) is 175 Å². The first-order valence-electron chi connectivity index (χ1n) is 39.7. The van der Waals surface area contributed by atoms with Gasteiger partial charge in [0.25, 0.3) is 29.5 Å². The van der Waals surface area contributed by atoms with Gasteiger partial charge in [0.2, 0.25) is 23.5 Å². The molecule has 7 aromatic heterocycles. The third kappa shape index (κ3) is 23.2. The summed E-state index contributed by atoms with van der Waals surface area (Å²) < 4.78 is 15.5. The number of aryl methyl sites for hydroxylation is 6. The number of aliphatic hydroxyl groups excluding tert-OH is 6. The number of hydrogen-bond donors (Lipinski definition) is 13. The second-order valence-electron chi connectivity index (χ2n) is 30.2. The number of nitrogens with one attached hydrogen (secondary N) is 5. The fraction of sp³-hybridized carbons (Fsp3) is 0.345. The number of carbonyl (C=O) groups excluding carboxylic acids is 7. The molecule has 14 N–H and O–H groups in total. The molecule has 11 rings (SSSR count). The number of fused-ring (bicyclic) bond motifs is 2. The van der Waals surface area contributed by atoms with Gasteiger partial charge in [-0.25, -0.2) is 39.1 Å². The third-order valence-electron chi connectivity index (χ3n) is 20.0. The van der Waals surface area contributed by atoms with E-state index in [0.717, 1.165) is 41.0 Å². The molecule has 658 valence electrons. The highest BCUT2D eigenvalue weighted by Crippen LogP contribution is 2.42. The van der Waals surface area contributed by atoms with Gasteiger partial charge in [-0.05, 0) is 99.7 Å². The van der Waals surface area contributed by atoms with E-state index in [2.05, 4.69) is 66.5 Å². The Labute approximate surface area is 721 Å². The molecule has 1 unspecified atom stereocenters. The van der Waals surface area contributed by atoms with Gasteiger partial charge in [0.15, 0.2) is 41.1 Å². The van der Waals surface area contributed by atoms with Crippen LogP contribution in [0.25, 0.3) is 33.1 Å².